The van der Waals surface area contributed by atoms with E-state index in [2.05, 4.69) is 63.4 Å². The van der Waals surface area contributed by atoms with Crippen LogP contribution in [0.5, 0.6) is 0 Å². The monoisotopic (exact) mass is 299 g/mol. The highest BCUT2D eigenvalue weighted by molar-refractivity contribution is 9.09. The van der Waals surface area contributed by atoms with Crippen LogP contribution < -0.4 is 0 Å². The number of hydrogen-bond acceptors (Lipinski definition) is 0. The van der Waals surface area contributed by atoms with E-state index in [9.17, 15) is 0 Å². The molecule has 1 fully saturated rings. The molecule has 1 saturated carbocycles. The van der Waals surface area contributed by atoms with Crippen molar-refractivity contribution >= 4 is 37.7 Å². The quantitative estimate of drug-likeness (QED) is 0.629. The number of aromatic amines is 1. The maximum Gasteiger partial charge on any atom is 0.0465 e. The van der Waals surface area contributed by atoms with Crippen LogP contribution in [0.2, 0.25) is 0 Å². The highest BCUT2D eigenvalue weighted by atomic mass is 79.9. The summed E-state index contributed by atoms with van der Waals surface area (Å²) >= 11 is 3.84. The lowest BCUT2D eigenvalue weighted by Crippen LogP contribution is -1.91. The van der Waals surface area contributed by atoms with Crippen LogP contribution in [0.3, 0.4) is 0 Å². The van der Waals surface area contributed by atoms with Gasteiger partial charge in [0, 0.05) is 26.6 Å². The average Bonchev–Trinajstić information content (AvgIpc) is 3.18. The van der Waals surface area contributed by atoms with E-state index in [1.54, 1.807) is 0 Å². The molecule has 0 bridgehead atoms. The number of alkyl halides is 1. The lowest BCUT2D eigenvalue weighted by molar-refractivity contribution is 0.824. The summed E-state index contributed by atoms with van der Waals surface area (Å²) in [5.41, 5.74) is 3.87. The summed E-state index contributed by atoms with van der Waals surface area (Å²) in [5.74, 6) is 0.840. The Kier molecular flexibility index (Phi) is 2.28. The first kappa shape index (κ1) is 10.6. The van der Waals surface area contributed by atoms with Gasteiger partial charge < -0.3 is 4.98 Å². The minimum absolute atomic E-state index is 0.524. The third kappa shape index (κ3) is 1.59. The lowest BCUT2D eigenvalue weighted by Gasteiger charge is -2.08. The molecule has 1 heterocycles. The maximum absolute atomic E-state index is 3.84. The van der Waals surface area contributed by atoms with Crippen molar-refractivity contribution in [3.63, 3.8) is 0 Å². The molecule has 0 radical (unpaired) electrons. The van der Waals surface area contributed by atoms with Crippen LogP contribution in [0, 0.1) is 5.92 Å². The Labute approximate surface area is 114 Å². The van der Waals surface area contributed by atoms with Crippen molar-refractivity contribution in [2.24, 2.45) is 5.92 Å². The van der Waals surface area contributed by atoms with Gasteiger partial charge in [-0.15, -0.1) is 0 Å². The van der Waals surface area contributed by atoms with Crippen LogP contribution in [0.4, 0.5) is 0 Å². The number of para-hydroxylation sites is 1. The molecule has 1 nitrogen and oxygen atoms in total. The van der Waals surface area contributed by atoms with Gasteiger partial charge in [0.25, 0.3) is 0 Å². The molecule has 18 heavy (non-hydrogen) atoms. The van der Waals surface area contributed by atoms with Crippen molar-refractivity contribution in [3.05, 3.63) is 48.0 Å². The van der Waals surface area contributed by atoms with Gasteiger partial charge in [0.1, 0.15) is 0 Å². The minimum atomic E-state index is 0.524. The van der Waals surface area contributed by atoms with Crippen LogP contribution in [-0.4, -0.2) is 4.98 Å². The van der Waals surface area contributed by atoms with Gasteiger partial charge in [-0.1, -0.05) is 40.2 Å². The van der Waals surface area contributed by atoms with Gasteiger partial charge in [-0.05, 0) is 42.5 Å². The molecule has 1 aromatic heterocycles. The molecule has 1 unspecified atom stereocenters. The first-order valence-electron chi connectivity index (χ1n) is 6.47. The van der Waals surface area contributed by atoms with E-state index in [-0.39, 0.29) is 0 Å². The summed E-state index contributed by atoms with van der Waals surface area (Å²) in [4.78, 5) is 4.00. The highest BCUT2D eigenvalue weighted by Gasteiger charge is 2.30. The lowest BCUT2D eigenvalue weighted by atomic mass is 10.0. The third-order valence-corrected chi connectivity index (χ3v) is 5.16. The second kappa shape index (κ2) is 3.86. The van der Waals surface area contributed by atoms with E-state index in [1.165, 1.54) is 40.2 Å². The number of fused-ring (bicyclic) bond motifs is 3. The molecular formula is C16H14BrN. The summed E-state index contributed by atoms with van der Waals surface area (Å²) in [5, 5.41) is 2.66. The number of halogens is 1. The fourth-order valence-corrected chi connectivity index (χ4v) is 3.51. The zero-order valence-electron chi connectivity index (χ0n) is 9.99. The third-order valence-electron chi connectivity index (χ3n) is 3.88. The maximum atomic E-state index is 3.84. The predicted molar refractivity (Wildman–Crippen MR) is 80.2 cm³/mol. The van der Waals surface area contributed by atoms with E-state index < -0.39 is 0 Å². The number of nitrogens with one attached hydrogen (secondary N) is 1. The molecule has 1 atom stereocenters. The normalized spacial score (nSPS) is 17.4. The van der Waals surface area contributed by atoms with Crippen LogP contribution in [0.15, 0.2) is 42.5 Å². The first-order valence-corrected chi connectivity index (χ1v) is 7.39. The Bertz CT molecular complexity index is 724. The molecule has 3 aromatic rings. The van der Waals surface area contributed by atoms with Crippen molar-refractivity contribution in [1.82, 2.24) is 4.98 Å². The van der Waals surface area contributed by atoms with Crippen LogP contribution in [-0.2, 0) is 0 Å². The van der Waals surface area contributed by atoms with Crippen molar-refractivity contribution < 1.29 is 0 Å². The number of benzene rings is 2. The topological polar surface area (TPSA) is 15.8 Å². The SMILES string of the molecule is BrC(c1ccc2[nH]c3ccccc3c2c1)C1CC1. The standard InChI is InChI=1S/C16H14BrN/c17-16(10-5-6-10)11-7-8-15-13(9-11)12-3-1-2-4-14(12)18-15/h1-4,7-10,16,18H,5-6H2. The van der Waals surface area contributed by atoms with Gasteiger partial charge in [0.2, 0.25) is 0 Å². The highest BCUT2D eigenvalue weighted by Crippen LogP contribution is 2.46. The van der Waals surface area contributed by atoms with E-state index >= 15 is 0 Å². The van der Waals surface area contributed by atoms with Crippen molar-refractivity contribution in [2.45, 2.75) is 17.7 Å². The number of rotatable bonds is 2. The van der Waals surface area contributed by atoms with Gasteiger partial charge in [-0.25, -0.2) is 0 Å². The van der Waals surface area contributed by atoms with Crippen molar-refractivity contribution in [3.8, 4) is 0 Å². The fraction of sp³-hybridized carbons (Fsp3) is 0.250. The Morgan fingerprint density at radius 1 is 1.00 bits per heavy atom. The van der Waals surface area contributed by atoms with Crippen LogP contribution in [0.25, 0.3) is 21.8 Å². The summed E-state index contributed by atoms with van der Waals surface area (Å²) in [6.45, 7) is 0. The smallest absolute Gasteiger partial charge is 0.0465 e. The second-order valence-electron chi connectivity index (χ2n) is 5.21. The molecule has 1 N–H and O–H groups in total. The van der Waals surface area contributed by atoms with Gasteiger partial charge in [0.05, 0.1) is 0 Å². The van der Waals surface area contributed by atoms with Gasteiger partial charge in [-0.3, -0.25) is 0 Å². The molecule has 4 rings (SSSR count). The number of aromatic nitrogens is 1. The molecule has 90 valence electrons. The average molecular weight is 300 g/mol. The van der Waals surface area contributed by atoms with Crippen LogP contribution in [0.1, 0.15) is 23.2 Å². The van der Waals surface area contributed by atoms with E-state index in [4.69, 9.17) is 0 Å². The van der Waals surface area contributed by atoms with E-state index in [0.717, 1.165) is 5.92 Å². The number of H-pyrrole nitrogens is 1. The largest absolute Gasteiger partial charge is 0.355 e. The summed E-state index contributed by atoms with van der Waals surface area (Å²) in [6, 6.07) is 15.3. The molecule has 0 saturated heterocycles. The van der Waals surface area contributed by atoms with Gasteiger partial charge >= 0.3 is 0 Å². The van der Waals surface area contributed by atoms with E-state index in [1.807, 2.05) is 0 Å². The van der Waals surface area contributed by atoms with E-state index in [0.29, 0.717) is 4.83 Å². The van der Waals surface area contributed by atoms with Gasteiger partial charge in [-0.2, -0.15) is 0 Å². The molecule has 0 amide bonds. The zero-order chi connectivity index (χ0) is 12.1. The zero-order valence-corrected chi connectivity index (χ0v) is 11.6. The fourth-order valence-electron chi connectivity index (χ4n) is 2.70. The molecule has 2 aromatic carbocycles. The Morgan fingerprint density at radius 3 is 2.61 bits per heavy atom. The van der Waals surface area contributed by atoms with Crippen LogP contribution >= 0.6 is 15.9 Å². The molecular weight excluding hydrogens is 286 g/mol. The molecule has 0 spiro atoms. The first-order chi connectivity index (χ1) is 8.83. The Balaban J connectivity index is 1.94. The number of hydrogen-bond donors (Lipinski definition) is 1. The molecule has 1 aliphatic rings. The molecule has 1 aliphatic carbocycles. The predicted octanol–water partition coefficient (Wildman–Crippen LogP) is 5.17. The molecule has 2 heteroatoms. The minimum Gasteiger partial charge on any atom is -0.355 e. The molecule has 0 aliphatic heterocycles. The summed E-state index contributed by atoms with van der Waals surface area (Å²) in [6.07, 6.45) is 2.73. The summed E-state index contributed by atoms with van der Waals surface area (Å²) in [7, 11) is 0. The van der Waals surface area contributed by atoms with Gasteiger partial charge in [0.15, 0.2) is 0 Å². The summed E-state index contributed by atoms with van der Waals surface area (Å²) < 4.78 is 0. The van der Waals surface area contributed by atoms with Crippen molar-refractivity contribution in [2.75, 3.05) is 0 Å². The Morgan fingerprint density at radius 2 is 1.78 bits per heavy atom. The Hall–Kier alpha value is -1.28. The van der Waals surface area contributed by atoms with Crippen molar-refractivity contribution in [1.29, 1.82) is 0 Å². The second-order valence-corrected chi connectivity index (χ2v) is 6.20.